The molecule has 2 unspecified atom stereocenters. The van der Waals surface area contributed by atoms with Crippen molar-refractivity contribution in [2.75, 3.05) is 0 Å². The molecule has 2 atom stereocenters. The van der Waals surface area contributed by atoms with Crippen LogP contribution < -0.4 is 9.05 Å². The number of hydrogen-bond acceptors (Lipinski definition) is 7. The third kappa shape index (κ3) is 8.82. The fraction of sp³-hybridized carbons (Fsp3) is 0.250. The predicted molar refractivity (Wildman–Crippen MR) is 122 cm³/mol. The number of rotatable bonds is 12. The second kappa shape index (κ2) is 12.5. The molecule has 2 rings (SSSR count). The van der Waals surface area contributed by atoms with Gasteiger partial charge < -0.3 is 18.5 Å². The summed E-state index contributed by atoms with van der Waals surface area (Å²) in [7, 11) is -2.81. The summed E-state index contributed by atoms with van der Waals surface area (Å²) in [4.78, 5) is 22.5. The largest absolute Gasteiger partial charge is 0.459 e. The fourth-order valence-corrected chi connectivity index (χ4v) is 3.54. The molecule has 0 N–H and O–H groups in total. The van der Waals surface area contributed by atoms with Crippen molar-refractivity contribution >= 4 is 20.2 Å². The molecule has 0 radical (unpaired) electrons. The summed E-state index contributed by atoms with van der Waals surface area (Å²) in [5.41, 5.74) is 1.87. The van der Waals surface area contributed by atoms with Crippen LogP contribution in [-0.2, 0) is 36.5 Å². The van der Waals surface area contributed by atoms with Crippen LogP contribution in [0.3, 0.4) is 0 Å². The van der Waals surface area contributed by atoms with Crippen LogP contribution in [0.4, 0.5) is 0 Å². The Bertz CT molecular complexity index is 874. The van der Waals surface area contributed by atoms with E-state index in [1.165, 1.54) is 0 Å². The lowest BCUT2D eigenvalue weighted by Crippen LogP contribution is -2.15. The highest BCUT2D eigenvalue weighted by Crippen LogP contribution is 2.31. The number of carbonyl (C=O) groups is 2. The zero-order chi connectivity index (χ0) is 23.5. The molecule has 0 aromatic heterocycles. The van der Waals surface area contributed by atoms with Crippen molar-refractivity contribution in [2.24, 2.45) is 0 Å². The van der Waals surface area contributed by atoms with E-state index in [1.54, 1.807) is 62.4 Å². The van der Waals surface area contributed by atoms with E-state index in [1.807, 2.05) is 0 Å². The third-order valence-electron chi connectivity index (χ3n) is 4.26. The maximum absolute atomic E-state index is 12.2. The molecule has 0 aliphatic rings. The van der Waals surface area contributed by atoms with Gasteiger partial charge in [0.2, 0.25) is 0 Å². The molecule has 0 amide bonds. The molecule has 7 nitrogen and oxygen atoms in total. The maximum Gasteiger partial charge on any atom is 0.418 e. The van der Waals surface area contributed by atoms with Gasteiger partial charge in [-0.1, -0.05) is 37.4 Å². The summed E-state index contributed by atoms with van der Waals surface area (Å²) in [6, 6.07) is 13.9. The lowest BCUT2D eigenvalue weighted by atomic mass is 10.1. The van der Waals surface area contributed by atoms with Gasteiger partial charge in [-0.2, -0.15) is 0 Å². The molecular weight excluding hydrogens is 431 g/mol. The van der Waals surface area contributed by atoms with Crippen LogP contribution in [0.2, 0.25) is 0 Å². The Balaban J connectivity index is 1.83. The smallest absolute Gasteiger partial charge is 0.418 e. The van der Waals surface area contributed by atoms with Crippen LogP contribution in [-0.4, -0.2) is 24.1 Å². The molecule has 0 aliphatic carbocycles. The summed E-state index contributed by atoms with van der Waals surface area (Å²) < 4.78 is 33.2. The number of ether oxygens (including phenoxy) is 2. The average Bonchev–Trinajstić information content (AvgIpc) is 2.76. The van der Waals surface area contributed by atoms with Gasteiger partial charge in [0.25, 0.3) is 0 Å². The molecule has 0 saturated heterocycles. The number of carbonyl (C=O) groups excluding carboxylic acids is 2. The minimum Gasteiger partial charge on any atom is -0.459 e. The SMILES string of the molecule is C=CC(=O)OC(C)Cc1ccc(O[PH](=O)Oc2ccc(CC(C)OC(=O)C=C)cc2)cc1. The average molecular weight is 458 g/mol. The van der Waals surface area contributed by atoms with Crippen LogP contribution in [0.15, 0.2) is 73.8 Å². The molecule has 2 aromatic carbocycles. The first-order chi connectivity index (χ1) is 15.3. The Morgan fingerprint density at radius 2 is 1.12 bits per heavy atom. The van der Waals surface area contributed by atoms with Gasteiger partial charge in [-0.05, 0) is 49.2 Å². The van der Waals surface area contributed by atoms with E-state index in [9.17, 15) is 14.2 Å². The Morgan fingerprint density at radius 3 is 1.44 bits per heavy atom. The monoisotopic (exact) mass is 458 g/mol. The van der Waals surface area contributed by atoms with Gasteiger partial charge in [0.1, 0.15) is 23.7 Å². The zero-order valence-electron chi connectivity index (χ0n) is 18.1. The number of esters is 2. The van der Waals surface area contributed by atoms with Crippen LogP contribution in [0, 0.1) is 0 Å². The van der Waals surface area contributed by atoms with Gasteiger partial charge in [-0.25, -0.2) is 14.2 Å². The fourth-order valence-electron chi connectivity index (χ4n) is 2.84. The summed E-state index contributed by atoms with van der Waals surface area (Å²) >= 11 is 0. The lowest BCUT2D eigenvalue weighted by molar-refractivity contribution is -0.143. The van der Waals surface area contributed by atoms with Crippen LogP contribution in [0.5, 0.6) is 11.5 Å². The molecule has 0 bridgehead atoms. The van der Waals surface area contributed by atoms with Crippen molar-refractivity contribution in [1.29, 1.82) is 0 Å². The van der Waals surface area contributed by atoms with Crippen molar-refractivity contribution in [2.45, 2.75) is 38.9 Å². The Kier molecular flexibility index (Phi) is 9.76. The first-order valence-electron chi connectivity index (χ1n) is 10.0. The third-order valence-corrected chi connectivity index (χ3v) is 5.07. The van der Waals surface area contributed by atoms with Crippen LogP contribution in [0.1, 0.15) is 25.0 Å². The molecule has 0 fully saturated rings. The highest BCUT2D eigenvalue weighted by atomic mass is 31.1. The number of hydrogen-bond donors (Lipinski definition) is 0. The van der Waals surface area contributed by atoms with E-state index in [0.29, 0.717) is 24.3 Å². The Labute approximate surface area is 188 Å². The molecular formula is C24H27O7P. The summed E-state index contributed by atoms with van der Waals surface area (Å²) in [6.45, 7) is 10.3. The second-order valence-electron chi connectivity index (χ2n) is 7.05. The Morgan fingerprint density at radius 1 is 0.781 bits per heavy atom. The van der Waals surface area contributed by atoms with Crippen molar-refractivity contribution < 1.29 is 32.7 Å². The standard InChI is InChI=1S/C24H27O7P/c1-5-23(25)28-17(3)15-19-7-11-21(12-8-19)30-32(27)31-22-13-9-20(10-14-22)16-18(4)29-24(26)6-2/h5-14,17-18,32H,1-2,15-16H2,3-4H3. The van der Waals surface area contributed by atoms with Crippen molar-refractivity contribution in [1.82, 2.24) is 0 Å². The number of benzene rings is 2. The van der Waals surface area contributed by atoms with E-state index in [0.717, 1.165) is 23.3 Å². The summed E-state index contributed by atoms with van der Waals surface area (Å²) in [5.74, 6) is -0.121. The van der Waals surface area contributed by atoms with Crippen LogP contribution in [0.25, 0.3) is 0 Å². The van der Waals surface area contributed by atoms with E-state index < -0.39 is 20.2 Å². The van der Waals surface area contributed by atoms with Crippen molar-refractivity contribution in [3.05, 3.63) is 85.0 Å². The first kappa shape index (κ1) is 25.0. The van der Waals surface area contributed by atoms with E-state index in [4.69, 9.17) is 18.5 Å². The molecule has 0 spiro atoms. The van der Waals surface area contributed by atoms with Gasteiger partial charge in [-0.15, -0.1) is 0 Å². The van der Waals surface area contributed by atoms with Crippen molar-refractivity contribution in [3.63, 3.8) is 0 Å². The van der Waals surface area contributed by atoms with Gasteiger partial charge >= 0.3 is 20.2 Å². The molecule has 170 valence electrons. The molecule has 32 heavy (non-hydrogen) atoms. The van der Waals surface area contributed by atoms with Gasteiger partial charge in [0, 0.05) is 25.0 Å². The Hall–Kier alpha value is -3.31. The predicted octanol–water partition coefficient (Wildman–Crippen LogP) is 4.85. The van der Waals surface area contributed by atoms with E-state index in [2.05, 4.69) is 13.2 Å². The maximum atomic E-state index is 12.2. The normalized spacial score (nSPS) is 13.2. The molecule has 2 aromatic rings. The summed E-state index contributed by atoms with van der Waals surface area (Å²) in [5, 5.41) is 0. The molecule has 0 saturated carbocycles. The van der Waals surface area contributed by atoms with Gasteiger partial charge in [0.05, 0.1) is 0 Å². The quantitative estimate of drug-likeness (QED) is 0.255. The van der Waals surface area contributed by atoms with Crippen LogP contribution >= 0.6 is 8.25 Å². The lowest BCUT2D eigenvalue weighted by Gasteiger charge is -2.13. The molecule has 0 aliphatic heterocycles. The molecule has 8 heteroatoms. The second-order valence-corrected chi connectivity index (χ2v) is 7.96. The first-order valence-corrected chi connectivity index (χ1v) is 11.2. The summed E-state index contributed by atoms with van der Waals surface area (Å²) in [6.07, 6.45) is 2.72. The van der Waals surface area contributed by atoms with E-state index >= 15 is 0 Å². The van der Waals surface area contributed by atoms with E-state index in [-0.39, 0.29) is 12.2 Å². The highest BCUT2D eigenvalue weighted by molar-refractivity contribution is 7.34. The topological polar surface area (TPSA) is 88.1 Å². The zero-order valence-corrected chi connectivity index (χ0v) is 19.1. The minimum absolute atomic E-state index is 0.297. The van der Waals surface area contributed by atoms with Gasteiger partial charge in [-0.3, -0.25) is 0 Å². The van der Waals surface area contributed by atoms with Crippen molar-refractivity contribution in [3.8, 4) is 11.5 Å². The molecule has 0 heterocycles. The minimum atomic E-state index is -2.81. The highest BCUT2D eigenvalue weighted by Gasteiger charge is 2.10. The van der Waals surface area contributed by atoms with Gasteiger partial charge in [0.15, 0.2) is 0 Å².